The van der Waals surface area contributed by atoms with Gasteiger partial charge in [0.05, 0.1) is 12.8 Å². The number of carbonyl (C=O) groups excluding carboxylic acids is 4. The largest absolute Gasteiger partial charge is 0.480 e. The van der Waals surface area contributed by atoms with E-state index in [1.54, 1.807) is 12.2 Å². The third-order valence-electron chi connectivity index (χ3n) is 8.27. The minimum Gasteiger partial charge on any atom is -0.480 e. The number of rotatable bonds is 31. The summed E-state index contributed by atoms with van der Waals surface area (Å²) in [7, 11) is 0. The van der Waals surface area contributed by atoms with Crippen molar-refractivity contribution >= 4 is 41.5 Å². The van der Waals surface area contributed by atoms with Crippen LogP contribution in [0.4, 0.5) is 0 Å². The number of carbonyl (C=O) groups is 7. The minimum atomic E-state index is -3.01. The molecule has 8 N–H and O–H groups in total. The Morgan fingerprint density at radius 2 is 0.962 bits per heavy atom. The Kier molecular flexibility index (Phi) is 25.9. The molecule has 0 saturated heterocycles. The van der Waals surface area contributed by atoms with Gasteiger partial charge in [0.2, 0.25) is 11.8 Å². The normalized spacial score (nSPS) is 13.6. The van der Waals surface area contributed by atoms with Crippen LogP contribution in [-0.4, -0.2) is 113 Å². The second kappa shape index (κ2) is 28.2. The maximum absolute atomic E-state index is 12.6. The van der Waals surface area contributed by atoms with Gasteiger partial charge in [-0.1, -0.05) is 64.5 Å². The Hall–Kier alpha value is -4.35. The Bertz CT molecular complexity index is 1230. The molecule has 0 aromatic heterocycles. The highest BCUT2D eigenvalue weighted by Crippen LogP contribution is 2.18. The number of carboxylic acid groups (broad SMARTS) is 3. The van der Waals surface area contributed by atoms with Gasteiger partial charge >= 0.3 is 17.9 Å². The van der Waals surface area contributed by atoms with E-state index in [1.165, 1.54) is 12.2 Å². The summed E-state index contributed by atoms with van der Waals surface area (Å²) in [6, 6.07) is -3.04. The van der Waals surface area contributed by atoms with E-state index in [4.69, 9.17) is 0 Å². The van der Waals surface area contributed by atoms with E-state index >= 15 is 0 Å². The van der Waals surface area contributed by atoms with Gasteiger partial charge in [0.1, 0.15) is 12.1 Å². The van der Waals surface area contributed by atoms with Crippen molar-refractivity contribution in [3.05, 3.63) is 24.3 Å². The predicted molar refractivity (Wildman–Crippen MR) is 191 cm³/mol. The number of allylic oxidation sites excluding steroid dienone is 2. The van der Waals surface area contributed by atoms with Gasteiger partial charge in [-0.25, -0.2) is 24.5 Å². The molecule has 302 valence electrons. The van der Waals surface area contributed by atoms with Gasteiger partial charge in [-0.15, -0.1) is 0 Å². The van der Waals surface area contributed by atoms with E-state index < -0.39 is 72.1 Å². The molecule has 0 aromatic carbocycles. The summed E-state index contributed by atoms with van der Waals surface area (Å²) in [6.45, 7) is 3.94. The van der Waals surface area contributed by atoms with E-state index in [-0.39, 0.29) is 51.6 Å². The molecule has 0 fully saturated rings. The standard InChI is InChI=1S/C36H60N4O13/c1-3-5-7-9-10-12-14-22-32(44)40(53)24-18-16-20-28(34(47)48)38-30(42)26-36(51,35(49)50)25-29(41)37-27(33(45)46)19-15-17-23-39(52)31(43)21-13-11-8-6-4-2/h13-14,21-22,27-28,51-53H,3-12,15-20,23-26H2,1-2H3,(H,37,41)(H,38,42)(H,45,46)(H,47,48)(H,49,50)/b21-13+,22-14+/t27-,28+,36+/m1/s1. The first-order chi connectivity index (χ1) is 25.1. The first-order valence-corrected chi connectivity index (χ1v) is 18.4. The molecule has 0 heterocycles. The Morgan fingerprint density at radius 3 is 1.34 bits per heavy atom. The zero-order chi connectivity index (χ0) is 40.2. The number of aliphatic carboxylic acids is 3. The quantitative estimate of drug-likeness (QED) is 0.0218. The van der Waals surface area contributed by atoms with Gasteiger partial charge in [0, 0.05) is 25.2 Å². The maximum Gasteiger partial charge on any atom is 0.336 e. The van der Waals surface area contributed by atoms with Crippen molar-refractivity contribution in [1.29, 1.82) is 0 Å². The van der Waals surface area contributed by atoms with Crippen LogP contribution in [0.3, 0.4) is 0 Å². The Morgan fingerprint density at radius 1 is 0.585 bits per heavy atom. The van der Waals surface area contributed by atoms with Crippen LogP contribution in [0.5, 0.6) is 0 Å². The van der Waals surface area contributed by atoms with E-state index in [0.717, 1.165) is 51.4 Å². The third kappa shape index (κ3) is 23.0. The van der Waals surface area contributed by atoms with Crippen molar-refractivity contribution in [2.45, 2.75) is 147 Å². The fourth-order valence-electron chi connectivity index (χ4n) is 5.11. The average Bonchev–Trinajstić information content (AvgIpc) is 3.09. The first kappa shape index (κ1) is 48.6. The van der Waals surface area contributed by atoms with E-state index in [0.29, 0.717) is 23.0 Å². The summed E-state index contributed by atoms with van der Waals surface area (Å²) < 4.78 is 0. The van der Waals surface area contributed by atoms with Crippen molar-refractivity contribution in [3.8, 4) is 0 Å². The molecular formula is C36H60N4O13. The molecule has 0 spiro atoms. The van der Waals surface area contributed by atoms with Crippen LogP contribution in [0, 0.1) is 0 Å². The molecule has 0 radical (unpaired) electrons. The van der Waals surface area contributed by atoms with Gasteiger partial charge in [-0.3, -0.25) is 29.6 Å². The zero-order valence-corrected chi connectivity index (χ0v) is 31.0. The molecule has 0 aliphatic rings. The molecule has 0 aliphatic carbocycles. The van der Waals surface area contributed by atoms with Gasteiger partial charge in [-0.2, -0.15) is 0 Å². The minimum absolute atomic E-state index is 0.110. The first-order valence-electron chi connectivity index (χ1n) is 18.4. The summed E-state index contributed by atoms with van der Waals surface area (Å²) >= 11 is 0. The maximum atomic E-state index is 12.6. The van der Waals surface area contributed by atoms with Crippen molar-refractivity contribution in [3.63, 3.8) is 0 Å². The molecule has 0 unspecified atom stereocenters. The summed E-state index contributed by atoms with van der Waals surface area (Å²) in [5.41, 5.74) is -3.01. The number of unbranched alkanes of at least 4 members (excludes halogenated alkanes) is 10. The third-order valence-corrected chi connectivity index (χ3v) is 8.27. The number of amides is 4. The summed E-state index contributed by atoms with van der Waals surface area (Å²) in [4.78, 5) is 84.6. The van der Waals surface area contributed by atoms with Gasteiger partial charge < -0.3 is 31.1 Å². The smallest absolute Gasteiger partial charge is 0.336 e. The second-order valence-corrected chi connectivity index (χ2v) is 13.0. The Balaban J connectivity index is 4.89. The van der Waals surface area contributed by atoms with Crippen LogP contribution >= 0.6 is 0 Å². The Labute approximate surface area is 311 Å². The predicted octanol–water partition coefficient (Wildman–Crippen LogP) is 3.55. The number of hydrogen-bond donors (Lipinski definition) is 8. The number of hydroxylamine groups is 4. The van der Waals surface area contributed by atoms with Crippen molar-refractivity contribution in [2.24, 2.45) is 0 Å². The summed E-state index contributed by atoms with van der Waals surface area (Å²) in [5, 5.41) is 64.4. The molecule has 4 amide bonds. The SMILES string of the molecule is CCCCC/C=C/C(=O)N(O)CCCC[C@@H](NC(=O)C[C@](O)(CC(=O)N[C@@H](CCCCN(O)C(=O)/C=C/CCCCCCC)C(=O)O)C(=O)O)C(=O)O. The van der Waals surface area contributed by atoms with Crippen LogP contribution in [0.2, 0.25) is 0 Å². The van der Waals surface area contributed by atoms with Crippen molar-refractivity contribution in [2.75, 3.05) is 13.1 Å². The van der Waals surface area contributed by atoms with Gasteiger partial charge in [0.25, 0.3) is 11.8 Å². The van der Waals surface area contributed by atoms with Crippen molar-refractivity contribution < 1.29 is 64.4 Å². The molecule has 0 aromatic rings. The highest BCUT2D eigenvalue weighted by atomic mass is 16.5. The topological polar surface area (TPSA) is 271 Å². The average molecular weight is 757 g/mol. The van der Waals surface area contributed by atoms with E-state index in [1.807, 2.05) is 6.92 Å². The molecule has 17 nitrogen and oxygen atoms in total. The lowest BCUT2D eigenvalue weighted by atomic mass is 9.94. The van der Waals surface area contributed by atoms with E-state index in [2.05, 4.69) is 17.6 Å². The molecule has 0 saturated carbocycles. The van der Waals surface area contributed by atoms with Crippen LogP contribution < -0.4 is 10.6 Å². The molecular weight excluding hydrogens is 696 g/mol. The molecule has 0 rings (SSSR count). The lowest BCUT2D eigenvalue weighted by molar-refractivity contribution is -0.165. The molecule has 53 heavy (non-hydrogen) atoms. The number of hydrogen-bond acceptors (Lipinski definition) is 10. The lowest BCUT2D eigenvalue weighted by Gasteiger charge is -2.24. The zero-order valence-electron chi connectivity index (χ0n) is 31.0. The second-order valence-electron chi connectivity index (χ2n) is 13.0. The van der Waals surface area contributed by atoms with Crippen LogP contribution in [0.1, 0.15) is 129 Å². The number of nitrogens with zero attached hydrogens (tertiary/aromatic N) is 2. The number of nitrogens with one attached hydrogen (secondary N) is 2. The van der Waals surface area contributed by atoms with Crippen LogP contribution in [0.25, 0.3) is 0 Å². The molecule has 0 aliphatic heterocycles. The number of carboxylic acids is 3. The van der Waals surface area contributed by atoms with Crippen LogP contribution in [-0.2, 0) is 33.6 Å². The highest BCUT2D eigenvalue weighted by Gasteiger charge is 2.42. The lowest BCUT2D eigenvalue weighted by Crippen LogP contribution is -2.51. The van der Waals surface area contributed by atoms with Gasteiger partial charge in [-0.05, 0) is 64.2 Å². The number of aliphatic hydroxyl groups is 1. The van der Waals surface area contributed by atoms with Gasteiger partial charge in [0.15, 0.2) is 5.60 Å². The summed E-state index contributed by atoms with van der Waals surface area (Å²) in [6.07, 6.45) is 13.3. The molecule has 3 atom stereocenters. The fraction of sp³-hybridized carbons (Fsp3) is 0.694. The molecule has 0 bridgehead atoms. The van der Waals surface area contributed by atoms with Crippen molar-refractivity contribution in [1.82, 2.24) is 20.8 Å². The summed E-state index contributed by atoms with van der Waals surface area (Å²) in [5.74, 6) is -8.59. The monoisotopic (exact) mass is 756 g/mol. The van der Waals surface area contributed by atoms with E-state index in [9.17, 15) is 64.4 Å². The van der Waals surface area contributed by atoms with Crippen LogP contribution in [0.15, 0.2) is 24.3 Å². The molecule has 17 heteroatoms. The highest BCUT2D eigenvalue weighted by molar-refractivity contribution is 5.94. The fourth-order valence-corrected chi connectivity index (χ4v) is 5.11.